The van der Waals surface area contributed by atoms with Crippen molar-refractivity contribution in [3.05, 3.63) is 48.2 Å². The van der Waals surface area contributed by atoms with Gasteiger partial charge in [0.1, 0.15) is 17.1 Å². The molecule has 0 saturated carbocycles. The quantitative estimate of drug-likeness (QED) is 0.775. The lowest BCUT2D eigenvalue weighted by Crippen LogP contribution is -2.07. The van der Waals surface area contributed by atoms with Gasteiger partial charge in [-0.05, 0) is 24.3 Å². The SMILES string of the molecule is CN(C)c1ccc(-c2nc3c(C(=O)O)cccn3c2N)cc1. The van der Waals surface area contributed by atoms with Crippen molar-refractivity contribution in [3.8, 4) is 11.3 Å². The van der Waals surface area contributed by atoms with Crippen LogP contribution in [0.4, 0.5) is 11.5 Å². The van der Waals surface area contributed by atoms with E-state index in [4.69, 9.17) is 5.73 Å². The molecular formula is C16H16N4O2. The standard InChI is InChI=1S/C16H16N4O2/c1-19(2)11-7-5-10(6-8-11)13-14(17)20-9-3-4-12(16(21)22)15(20)18-13/h3-9H,17H2,1-2H3,(H,21,22). The van der Waals surface area contributed by atoms with Crippen LogP contribution in [0, 0.1) is 0 Å². The number of carboxylic acids is 1. The third-order valence-electron chi connectivity index (χ3n) is 3.57. The molecule has 3 N–H and O–H groups in total. The highest BCUT2D eigenvalue weighted by Crippen LogP contribution is 2.29. The molecule has 2 aromatic heterocycles. The maximum atomic E-state index is 11.3. The van der Waals surface area contributed by atoms with Crippen molar-refractivity contribution < 1.29 is 9.90 Å². The number of carbonyl (C=O) groups is 1. The molecule has 6 nitrogen and oxygen atoms in total. The summed E-state index contributed by atoms with van der Waals surface area (Å²) >= 11 is 0. The minimum Gasteiger partial charge on any atom is -0.478 e. The summed E-state index contributed by atoms with van der Waals surface area (Å²) in [5.74, 6) is -0.596. The molecule has 0 radical (unpaired) electrons. The van der Waals surface area contributed by atoms with E-state index < -0.39 is 5.97 Å². The third kappa shape index (κ3) is 2.14. The van der Waals surface area contributed by atoms with Crippen molar-refractivity contribution >= 4 is 23.1 Å². The van der Waals surface area contributed by atoms with Crippen LogP contribution in [-0.2, 0) is 0 Å². The van der Waals surface area contributed by atoms with Crippen LogP contribution in [0.1, 0.15) is 10.4 Å². The molecule has 112 valence electrons. The molecule has 0 aliphatic heterocycles. The van der Waals surface area contributed by atoms with E-state index >= 15 is 0 Å². The first-order chi connectivity index (χ1) is 10.5. The van der Waals surface area contributed by atoms with Gasteiger partial charge in [0.05, 0.1) is 0 Å². The number of anilines is 2. The lowest BCUT2D eigenvalue weighted by atomic mass is 10.1. The summed E-state index contributed by atoms with van der Waals surface area (Å²) in [5.41, 5.74) is 9.11. The second-order valence-corrected chi connectivity index (χ2v) is 5.21. The highest BCUT2D eigenvalue weighted by Gasteiger charge is 2.16. The topological polar surface area (TPSA) is 83.9 Å². The predicted octanol–water partition coefficient (Wildman–Crippen LogP) is 2.35. The third-order valence-corrected chi connectivity index (χ3v) is 3.57. The molecule has 0 aliphatic rings. The van der Waals surface area contributed by atoms with E-state index in [-0.39, 0.29) is 5.56 Å². The summed E-state index contributed by atoms with van der Waals surface area (Å²) in [4.78, 5) is 17.7. The van der Waals surface area contributed by atoms with Gasteiger partial charge in [0.15, 0.2) is 5.65 Å². The number of aromatic carboxylic acids is 1. The first kappa shape index (κ1) is 13.9. The lowest BCUT2D eigenvalue weighted by molar-refractivity contribution is 0.0698. The van der Waals surface area contributed by atoms with Gasteiger partial charge in [-0.3, -0.25) is 4.40 Å². The van der Waals surface area contributed by atoms with Crippen molar-refractivity contribution in [2.24, 2.45) is 0 Å². The van der Waals surface area contributed by atoms with E-state index in [1.54, 1.807) is 16.7 Å². The van der Waals surface area contributed by atoms with Crippen molar-refractivity contribution in [2.45, 2.75) is 0 Å². The number of carboxylic acid groups (broad SMARTS) is 1. The zero-order valence-corrected chi connectivity index (χ0v) is 12.3. The van der Waals surface area contributed by atoms with Gasteiger partial charge in [-0.25, -0.2) is 9.78 Å². The second kappa shape index (κ2) is 5.07. The first-order valence-electron chi connectivity index (χ1n) is 6.76. The van der Waals surface area contributed by atoms with Gasteiger partial charge >= 0.3 is 5.97 Å². The summed E-state index contributed by atoms with van der Waals surface area (Å²) in [6.45, 7) is 0. The second-order valence-electron chi connectivity index (χ2n) is 5.21. The molecule has 0 fully saturated rings. The molecule has 0 spiro atoms. The van der Waals surface area contributed by atoms with Crippen LogP contribution in [0.3, 0.4) is 0 Å². The monoisotopic (exact) mass is 296 g/mol. The summed E-state index contributed by atoms with van der Waals surface area (Å²) in [6.07, 6.45) is 1.71. The van der Waals surface area contributed by atoms with Gasteiger partial charge < -0.3 is 15.7 Å². The van der Waals surface area contributed by atoms with Crippen molar-refractivity contribution in [3.63, 3.8) is 0 Å². The smallest absolute Gasteiger partial charge is 0.339 e. The fraction of sp³-hybridized carbons (Fsp3) is 0.125. The number of aromatic nitrogens is 2. The molecule has 0 amide bonds. The van der Waals surface area contributed by atoms with Crippen molar-refractivity contribution in [2.75, 3.05) is 24.7 Å². The van der Waals surface area contributed by atoms with Crippen LogP contribution >= 0.6 is 0 Å². The zero-order chi connectivity index (χ0) is 15.9. The molecule has 0 aliphatic carbocycles. The molecule has 2 heterocycles. The summed E-state index contributed by atoms with van der Waals surface area (Å²) in [7, 11) is 3.93. The largest absolute Gasteiger partial charge is 0.478 e. The summed E-state index contributed by atoms with van der Waals surface area (Å²) in [5, 5.41) is 9.25. The van der Waals surface area contributed by atoms with E-state index in [2.05, 4.69) is 4.98 Å². The van der Waals surface area contributed by atoms with E-state index in [0.29, 0.717) is 17.2 Å². The molecule has 1 aromatic carbocycles. The molecule has 3 aromatic rings. The number of hydrogen-bond donors (Lipinski definition) is 2. The molecule has 0 saturated heterocycles. The minimum atomic E-state index is -1.02. The number of hydrogen-bond acceptors (Lipinski definition) is 4. The Morgan fingerprint density at radius 3 is 2.50 bits per heavy atom. The lowest BCUT2D eigenvalue weighted by Gasteiger charge is -2.12. The normalized spacial score (nSPS) is 10.8. The van der Waals surface area contributed by atoms with Crippen molar-refractivity contribution in [1.82, 2.24) is 9.38 Å². The molecule has 0 unspecified atom stereocenters. The molecule has 6 heteroatoms. The maximum Gasteiger partial charge on any atom is 0.339 e. The Kier molecular flexibility index (Phi) is 3.21. The molecular weight excluding hydrogens is 280 g/mol. The zero-order valence-electron chi connectivity index (χ0n) is 12.3. The van der Waals surface area contributed by atoms with Crippen LogP contribution < -0.4 is 10.6 Å². The highest BCUT2D eigenvalue weighted by atomic mass is 16.4. The van der Waals surface area contributed by atoms with Gasteiger partial charge in [0.2, 0.25) is 0 Å². The van der Waals surface area contributed by atoms with Crippen molar-refractivity contribution in [1.29, 1.82) is 0 Å². The first-order valence-corrected chi connectivity index (χ1v) is 6.76. The van der Waals surface area contributed by atoms with Gasteiger partial charge in [-0.15, -0.1) is 0 Å². The number of imidazole rings is 1. The number of nitrogen functional groups attached to an aromatic ring is 1. The number of rotatable bonds is 3. The fourth-order valence-corrected chi connectivity index (χ4v) is 2.38. The number of nitrogens with zero attached hydrogens (tertiary/aromatic N) is 3. The number of pyridine rings is 1. The molecule has 0 atom stereocenters. The minimum absolute atomic E-state index is 0.130. The molecule has 0 bridgehead atoms. The van der Waals surface area contributed by atoms with Crippen LogP contribution in [0.25, 0.3) is 16.9 Å². The molecule has 22 heavy (non-hydrogen) atoms. The number of fused-ring (bicyclic) bond motifs is 1. The van der Waals surface area contributed by atoms with Crippen LogP contribution in [-0.4, -0.2) is 34.6 Å². The van der Waals surface area contributed by atoms with Crippen LogP contribution in [0.15, 0.2) is 42.6 Å². The Labute approximate surface area is 127 Å². The van der Waals surface area contributed by atoms with E-state index in [0.717, 1.165) is 11.3 Å². The Bertz CT molecular complexity index is 850. The Hall–Kier alpha value is -3.02. The Morgan fingerprint density at radius 1 is 1.23 bits per heavy atom. The Morgan fingerprint density at radius 2 is 1.91 bits per heavy atom. The average molecular weight is 296 g/mol. The van der Waals surface area contributed by atoms with Gasteiger partial charge in [-0.1, -0.05) is 12.1 Å². The fourth-order valence-electron chi connectivity index (χ4n) is 2.38. The van der Waals surface area contributed by atoms with Gasteiger partial charge in [-0.2, -0.15) is 0 Å². The maximum absolute atomic E-state index is 11.3. The van der Waals surface area contributed by atoms with E-state index in [1.165, 1.54) is 6.07 Å². The molecule has 3 rings (SSSR count). The summed E-state index contributed by atoms with van der Waals surface area (Å²) in [6, 6.07) is 11.0. The van der Waals surface area contributed by atoms with Gasteiger partial charge in [0.25, 0.3) is 0 Å². The number of nitrogens with two attached hydrogens (primary N) is 1. The van der Waals surface area contributed by atoms with Crippen LogP contribution in [0.5, 0.6) is 0 Å². The van der Waals surface area contributed by atoms with Crippen LogP contribution in [0.2, 0.25) is 0 Å². The van der Waals surface area contributed by atoms with E-state index in [1.807, 2.05) is 43.3 Å². The van der Waals surface area contributed by atoms with E-state index in [9.17, 15) is 9.90 Å². The average Bonchev–Trinajstić information content (AvgIpc) is 2.84. The highest BCUT2D eigenvalue weighted by molar-refractivity contribution is 5.95. The van der Waals surface area contributed by atoms with Gasteiger partial charge in [0, 0.05) is 31.5 Å². The number of benzene rings is 1. The predicted molar refractivity (Wildman–Crippen MR) is 86.3 cm³/mol. The summed E-state index contributed by atoms with van der Waals surface area (Å²) < 4.78 is 1.60. The Balaban J connectivity index is 2.17.